The number of aromatic nitrogens is 2. The lowest BCUT2D eigenvalue weighted by Crippen LogP contribution is -2.52. The van der Waals surface area contributed by atoms with Crippen LogP contribution in [0.3, 0.4) is 0 Å². The summed E-state index contributed by atoms with van der Waals surface area (Å²) < 4.78 is 0. The van der Waals surface area contributed by atoms with Crippen molar-refractivity contribution in [2.24, 2.45) is 0 Å². The summed E-state index contributed by atoms with van der Waals surface area (Å²) in [5.74, 6) is 6.55. The Kier molecular flexibility index (Phi) is 13.2. The molecule has 3 aromatic rings. The van der Waals surface area contributed by atoms with Gasteiger partial charge in [-0.3, -0.25) is 24.5 Å². The van der Waals surface area contributed by atoms with Crippen LogP contribution in [0.4, 0.5) is 5.82 Å². The Morgan fingerprint density at radius 3 is 2.53 bits per heavy atom. The number of hydrogen-bond acceptors (Lipinski definition) is 9. The van der Waals surface area contributed by atoms with Crippen LogP contribution in [0.5, 0.6) is 0 Å². The Morgan fingerprint density at radius 1 is 1.00 bits per heavy atom. The number of rotatable bonds is 14. The van der Waals surface area contributed by atoms with Crippen LogP contribution in [0.15, 0.2) is 48.8 Å². The Hall–Kier alpha value is -4.83. The van der Waals surface area contributed by atoms with Crippen LogP contribution in [0.2, 0.25) is 5.02 Å². The molecule has 0 saturated carbocycles. The van der Waals surface area contributed by atoms with Crippen molar-refractivity contribution in [2.75, 3.05) is 44.2 Å². The van der Waals surface area contributed by atoms with Crippen LogP contribution >= 0.6 is 11.6 Å². The van der Waals surface area contributed by atoms with Gasteiger partial charge in [0.05, 0.1) is 17.7 Å². The lowest BCUT2D eigenvalue weighted by molar-refractivity contribution is -0.137. The van der Waals surface area contributed by atoms with Crippen molar-refractivity contribution in [3.05, 3.63) is 87.3 Å². The summed E-state index contributed by atoms with van der Waals surface area (Å²) in [5, 5.41) is 17.0. The number of aliphatic hydroxyl groups is 1. The number of anilines is 1. The number of piperazine rings is 1. The van der Waals surface area contributed by atoms with E-state index in [2.05, 4.69) is 44.3 Å². The van der Waals surface area contributed by atoms with Gasteiger partial charge in [-0.05, 0) is 73.5 Å². The third-order valence-corrected chi connectivity index (χ3v) is 12.1. The Balaban J connectivity index is 0.812. The van der Waals surface area contributed by atoms with Crippen LogP contribution in [-0.2, 0) is 20.9 Å². The molecule has 13 heteroatoms. The molecule has 4 amide bonds. The van der Waals surface area contributed by atoms with Gasteiger partial charge in [-0.1, -0.05) is 74.2 Å². The summed E-state index contributed by atoms with van der Waals surface area (Å²) in [7, 11) is 0. The predicted molar refractivity (Wildman–Crippen MR) is 218 cm³/mol. The summed E-state index contributed by atoms with van der Waals surface area (Å²) in [5.41, 5.74) is 4.99. The van der Waals surface area contributed by atoms with Crippen LogP contribution in [0, 0.1) is 11.8 Å². The zero-order valence-corrected chi connectivity index (χ0v) is 33.4. The molecular formula is C44H52ClN7O5. The molecule has 0 spiro atoms. The third kappa shape index (κ3) is 9.33. The van der Waals surface area contributed by atoms with E-state index in [1.807, 2.05) is 41.3 Å². The highest BCUT2D eigenvalue weighted by Gasteiger charge is 2.40. The van der Waals surface area contributed by atoms with Gasteiger partial charge in [-0.15, -0.1) is 0 Å². The van der Waals surface area contributed by atoms with Gasteiger partial charge in [0.25, 0.3) is 5.91 Å². The normalized spacial score (nSPS) is 20.9. The minimum Gasteiger partial charge on any atom is -0.387 e. The van der Waals surface area contributed by atoms with Gasteiger partial charge in [0.15, 0.2) is 0 Å². The highest BCUT2D eigenvalue weighted by atomic mass is 35.5. The molecule has 12 nitrogen and oxygen atoms in total. The lowest BCUT2D eigenvalue weighted by Gasteiger charge is -2.38. The summed E-state index contributed by atoms with van der Waals surface area (Å²) in [6.45, 7) is 6.39. The highest BCUT2D eigenvalue weighted by molar-refractivity contribution is 6.30. The number of carbonyl (C=O) groups excluding carboxylic acids is 4. The van der Waals surface area contributed by atoms with E-state index in [4.69, 9.17) is 11.6 Å². The summed E-state index contributed by atoms with van der Waals surface area (Å²) in [6.07, 6.45) is 9.51. The quantitative estimate of drug-likeness (QED) is 0.113. The second-order valence-corrected chi connectivity index (χ2v) is 16.1. The lowest BCUT2D eigenvalue weighted by atomic mass is 9.96. The van der Waals surface area contributed by atoms with Gasteiger partial charge < -0.3 is 25.1 Å². The first kappa shape index (κ1) is 40.4. The average molecular weight is 794 g/mol. The number of imide groups is 1. The maximum atomic E-state index is 14.0. The zero-order chi connectivity index (χ0) is 39.9. The van der Waals surface area contributed by atoms with E-state index in [9.17, 15) is 24.3 Å². The monoisotopic (exact) mass is 793 g/mol. The molecule has 57 heavy (non-hydrogen) atoms. The molecular weight excluding hydrogens is 742 g/mol. The van der Waals surface area contributed by atoms with Crippen LogP contribution in [-0.4, -0.2) is 93.8 Å². The van der Waals surface area contributed by atoms with Crippen molar-refractivity contribution in [3.8, 4) is 11.8 Å². The zero-order valence-electron chi connectivity index (χ0n) is 32.6. The molecule has 300 valence electrons. The number of aliphatic hydroxyl groups excluding tert-OH is 1. The largest absolute Gasteiger partial charge is 0.387 e. The van der Waals surface area contributed by atoms with Gasteiger partial charge in [-0.25, -0.2) is 9.97 Å². The molecule has 1 aromatic heterocycles. The van der Waals surface area contributed by atoms with Gasteiger partial charge >= 0.3 is 0 Å². The first-order valence-corrected chi connectivity index (χ1v) is 20.9. The number of piperidine rings is 1. The molecule has 1 aliphatic carbocycles. The number of halogens is 1. The standard InChI is InChI=1S/C44H52ClN7O5/c1-29-25-37(53)40-39(29)41(48-28-47-40)50-21-23-51(24-22-50)43(56)34(31-14-16-32(45)17-15-31)26-46-20-9-7-5-3-2-4-6-8-11-30-12-10-13-33-35(30)27-52(44(33)57)36-18-19-38(54)49-42(36)55/h10,12-17,28-29,34,36-37,46,53H,2-7,9,18-27H2,1H3,(H,49,54,55)/t29-,34-,36?,37-/m1/s1. The van der Waals surface area contributed by atoms with Crippen molar-refractivity contribution in [1.29, 1.82) is 0 Å². The SMILES string of the molecule is C[C@@H]1C[C@@H](O)c2ncnc(N3CCN(C(=O)[C@H](CNCCCCCCCCC#Cc4cccc5c4CN(C4CCC(=O)NC4=O)C5=O)c4ccc(Cl)cc4)CC3)c21. The van der Waals surface area contributed by atoms with Crippen molar-refractivity contribution in [3.63, 3.8) is 0 Å². The first-order valence-electron chi connectivity index (χ1n) is 20.5. The summed E-state index contributed by atoms with van der Waals surface area (Å²) >= 11 is 6.20. The first-order chi connectivity index (χ1) is 27.7. The molecule has 0 bridgehead atoms. The van der Waals surface area contributed by atoms with E-state index >= 15 is 0 Å². The van der Waals surface area contributed by atoms with Gasteiger partial charge in [-0.2, -0.15) is 0 Å². The Bertz CT molecular complexity index is 2020. The smallest absolute Gasteiger partial charge is 0.255 e. The maximum Gasteiger partial charge on any atom is 0.255 e. The third-order valence-electron chi connectivity index (χ3n) is 11.8. The minimum atomic E-state index is -0.632. The fourth-order valence-corrected chi connectivity index (χ4v) is 8.76. The van der Waals surface area contributed by atoms with Gasteiger partial charge in [0, 0.05) is 73.8 Å². The Labute approximate surface area is 339 Å². The average Bonchev–Trinajstić information content (AvgIpc) is 3.71. The van der Waals surface area contributed by atoms with Gasteiger partial charge in [0.2, 0.25) is 17.7 Å². The van der Waals surface area contributed by atoms with E-state index in [1.165, 1.54) is 0 Å². The highest BCUT2D eigenvalue weighted by Crippen LogP contribution is 2.43. The van der Waals surface area contributed by atoms with Crippen LogP contribution in [0.25, 0.3) is 0 Å². The minimum absolute atomic E-state index is 0.114. The second kappa shape index (κ2) is 18.6. The number of benzene rings is 2. The van der Waals surface area contributed by atoms with E-state index < -0.39 is 18.1 Å². The number of nitrogens with one attached hydrogen (secondary N) is 2. The van der Waals surface area contributed by atoms with Crippen LogP contribution < -0.4 is 15.5 Å². The van der Waals surface area contributed by atoms with Crippen molar-refractivity contribution in [1.82, 2.24) is 30.4 Å². The second-order valence-electron chi connectivity index (χ2n) is 15.7. The number of amides is 4. The van der Waals surface area contributed by atoms with Gasteiger partial charge in [0.1, 0.15) is 18.2 Å². The molecule has 4 aliphatic rings. The van der Waals surface area contributed by atoms with E-state index in [-0.39, 0.29) is 36.0 Å². The van der Waals surface area contributed by atoms with Crippen LogP contribution in [0.1, 0.15) is 127 Å². The van der Waals surface area contributed by atoms with E-state index in [0.29, 0.717) is 62.7 Å². The number of nitrogens with zero attached hydrogens (tertiary/aromatic N) is 5. The number of unbranched alkanes of at least 4 members (excludes halogenated alkanes) is 6. The number of hydrogen-bond donors (Lipinski definition) is 3. The molecule has 0 radical (unpaired) electrons. The molecule has 1 unspecified atom stereocenters. The maximum absolute atomic E-state index is 14.0. The van der Waals surface area contributed by atoms with Crippen molar-refractivity contribution < 1.29 is 24.3 Å². The summed E-state index contributed by atoms with van der Waals surface area (Å²) in [4.78, 5) is 65.8. The fraction of sp³-hybridized carbons (Fsp3) is 0.500. The number of carbonyl (C=O) groups is 4. The van der Waals surface area contributed by atoms with E-state index in [0.717, 1.165) is 85.3 Å². The predicted octanol–water partition coefficient (Wildman–Crippen LogP) is 5.24. The molecule has 2 aromatic carbocycles. The number of fused-ring (bicyclic) bond motifs is 2. The topological polar surface area (TPSA) is 148 Å². The Morgan fingerprint density at radius 2 is 1.75 bits per heavy atom. The molecule has 4 heterocycles. The van der Waals surface area contributed by atoms with Crippen molar-refractivity contribution >= 4 is 41.0 Å². The molecule has 3 aliphatic heterocycles. The summed E-state index contributed by atoms with van der Waals surface area (Å²) in [6, 6.07) is 12.5. The molecule has 2 saturated heterocycles. The molecule has 7 rings (SSSR count). The molecule has 2 fully saturated rings. The molecule has 4 atom stereocenters. The van der Waals surface area contributed by atoms with E-state index in [1.54, 1.807) is 17.3 Å². The van der Waals surface area contributed by atoms with Crippen molar-refractivity contribution in [2.45, 2.75) is 102 Å². The molecule has 3 N–H and O–H groups in total. The fourth-order valence-electron chi connectivity index (χ4n) is 8.63.